The molecule has 2 N–H and O–H groups in total. The van der Waals surface area contributed by atoms with E-state index in [1.807, 2.05) is 18.2 Å². The zero-order valence-corrected chi connectivity index (χ0v) is 14.9. The lowest BCUT2D eigenvalue weighted by Crippen LogP contribution is -2.35. The lowest BCUT2D eigenvalue weighted by Gasteiger charge is -2.28. The summed E-state index contributed by atoms with van der Waals surface area (Å²) in [5, 5.41) is 0. The smallest absolute Gasteiger partial charge is 0.265 e. The molecule has 1 amide bonds. The Balaban J connectivity index is 1.77. The minimum atomic E-state index is -3.69. The minimum Gasteiger partial charge on any atom is -0.364 e. The molecule has 2 aliphatic carbocycles. The SMILES string of the molecule is Cn1cc(S(=O)(=O)N(C2CC2)[C@H]2CCc3ccccc32)cc1C(N)=O. The Kier molecular flexibility index (Phi) is 3.73. The molecule has 1 heterocycles. The molecule has 0 unspecified atom stereocenters. The molecule has 1 atom stereocenters. The second-order valence-electron chi connectivity index (χ2n) is 6.86. The summed E-state index contributed by atoms with van der Waals surface area (Å²) in [4.78, 5) is 11.6. The van der Waals surface area contributed by atoms with Gasteiger partial charge in [-0.3, -0.25) is 4.79 Å². The Morgan fingerprint density at radius 2 is 1.96 bits per heavy atom. The third-order valence-electron chi connectivity index (χ3n) is 5.12. The first-order valence-electron chi connectivity index (χ1n) is 8.47. The minimum absolute atomic E-state index is 0.0402. The van der Waals surface area contributed by atoms with Gasteiger partial charge in [-0.1, -0.05) is 24.3 Å². The van der Waals surface area contributed by atoms with Crippen LogP contribution in [0.4, 0.5) is 0 Å². The number of rotatable bonds is 5. The largest absolute Gasteiger partial charge is 0.364 e. The van der Waals surface area contributed by atoms with Crippen LogP contribution >= 0.6 is 0 Å². The molecule has 1 aromatic carbocycles. The number of nitrogens with zero attached hydrogens (tertiary/aromatic N) is 2. The average molecular weight is 359 g/mol. The topological polar surface area (TPSA) is 85.4 Å². The van der Waals surface area contributed by atoms with Crippen LogP contribution in [0.2, 0.25) is 0 Å². The maximum atomic E-state index is 13.4. The van der Waals surface area contributed by atoms with Gasteiger partial charge in [-0.15, -0.1) is 0 Å². The van der Waals surface area contributed by atoms with E-state index in [-0.39, 0.29) is 22.7 Å². The van der Waals surface area contributed by atoms with Crippen LogP contribution in [-0.4, -0.2) is 29.2 Å². The monoisotopic (exact) mass is 359 g/mol. The van der Waals surface area contributed by atoms with Gasteiger partial charge in [0.1, 0.15) is 10.6 Å². The first-order chi connectivity index (χ1) is 11.9. The molecule has 25 heavy (non-hydrogen) atoms. The van der Waals surface area contributed by atoms with Crippen LogP contribution in [0.25, 0.3) is 0 Å². The van der Waals surface area contributed by atoms with Crippen molar-refractivity contribution in [3.05, 3.63) is 53.3 Å². The van der Waals surface area contributed by atoms with E-state index in [4.69, 9.17) is 5.73 Å². The lowest BCUT2D eigenvalue weighted by molar-refractivity contribution is 0.0992. The van der Waals surface area contributed by atoms with E-state index < -0.39 is 15.9 Å². The number of carbonyl (C=O) groups is 1. The van der Waals surface area contributed by atoms with Gasteiger partial charge in [0.05, 0.1) is 6.04 Å². The fraction of sp³-hybridized carbons (Fsp3) is 0.389. The van der Waals surface area contributed by atoms with Crippen LogP contribution in [0.3, 0.4) is 0 Å². The van der Waals surface area contributed by atoms with Gasteiger partial charge in [0, 0.05) is 19.3 Å². The van der Waals surface area contributed by atoms with Crippen LogP contribution in [0.5, 0.6) is 0 Å². The van der Waals surface area contributed by atoms with Gasteiger partial charge in [-0.25, -0.2) is 8.42 Å². The summed E-state index contributed by atoms with van der Waals surface area (Å²) in [6, 6.07) is 9.34. The second kappa shape index (κ2) is 5.71. The molecule has 2 aromatic rings. The van der Waals surface area contributed by atoms with Gasteiger partial charge in [-0.05, 0) is 42.9 Å². The van der Waals surface area contributed by atoms with E-state index in [9.17, 15) is 13.2 Å². The van der Waals surface area contributed by atoms with Crippen LogP contribution in [0.15, 0.2) is 41.4 Å². The molecule has 0 aliphatic heterocycles. The van der Waals surface area contributed by atoms with Crippen molar-refractivity contribution in [2.45, 2.75) is 42.7 Å². The van der Waals surface area contributed by atoms with Crippen molar-refractivity contribution < 1.29 is 13.2 Å². The van der Waals surface area contributed by atoms with Crippen LogP contribution in [0.1, 0.15) is 46.9 Å². The molecule has 6 nitrogen and oxygen atoms in total. The van der Waals surface area contributed by atoms with Gasteiger partial charge >= 0.3 is 0 Å². The molecule has 0 bridgehead atoms. The number of nitrogens with two attached hydrogens (primary N) is 1. The standard InChI is InChI=1S/C18H21N3O3S/c1-20-11-14(10-17(20)18(19)22)25(23,24)21(13-7-8-13)16-9-6-12-4-2-3-5-15(12)16/h2-5,10-11,13,16H,6-9H2,1H3,(H2,19,22)/t16-/m0/s1. The normalized spacial score (nSPS) is 20.0. The summed E-state index contributed by atoms with van der Waals surface area (Å²) in [5.74, 6) is -0.631. The molecule has 1 aromatic heterocycles. The van der Waals surface area contributed by atoms with Crippen LogP contribution in [0, 0.1) is 0 Å². The fourth-order valence-electron chi connectivity index (χ4n) is 3.79. The van der Waals surface area contributed by atoms with E-state index in [1.165, 1.54) is 22.4 Å². The molecule has 1 saturated carbocycles. The number of amides is 1. The van der Waals surface area contributed by atoms with Gasteiger partial charge in [0.2, 0.25) is 10.0 Å². The fourth-order valence-corrected chi connectivity index (χ4v) is 5.74. The van der Waals surface area contributed by atoms with E-state index in [0.29, 0.717) is 0 Å². The van der Waals surface area contributed by atoms with Crippen LogP contribution in [-0.2, 0) is 23.5 Å². The summed E-state index contributed by atoms with van der Waals surface area (Å²) in [7, 11) is -2.06. The summed E-state index contributed by atoms with van der Waals surface area (Å²) in [6.45, 7) is 0. The van der Waals surface area contributed by atoms with Crippen molar-refractivity contribution >= 4 is 15.9 Å². The first-order valence-corrected chi connectivity index (χ1v) is 9.91. The molecule has 0 saturated heterocycles. The first kappa shape index (κ1) is 16.4. The molecule has 0 radical (unpaired) electrons. The maximum Gasteiger partial charge on any atom is 0.265 e. The Bertz CT molecular complexity index is 944. The van der Waals surface area contributed by atoms with Crippen molar-refractivity contribution in [3.63, 3.8) is 0 Å². The molecule has 4 rings (SSSR count). The molecule has 2 aliphatic rings. The van der Waals surface area contributed by atoms with E-state index in [0.717, 1.165) is 31.2 Å². The van der Waals surface area contributed by atoms with E-state index >= 15 is 0 Å². The Hall–Kier alpha value is -2.12. The van der Waals surface area contributed by atoms with Crippen molar-refractivity contribution in [2.75, 3.05) is 0 Å². The van der Waals surface area contributed by atoms with Crippen molar-refractivity contribution in [3.8, 4) is 0 Å². The third kappa shape index (κ3) is 2.67. The highest BCUT2D eigenvalue weighted by molar-refractivity contribution is 7.89. The highest BCUT2D eigenvalue weighted by Crippen LogP contribution is 2.45. The summed E-state index contributed by atoms with van der Waals surface area (Å²) >= 11 is 0. The molecular formula is C18H21N3O3S. The summed E-state index contributed by atoms with van der Waals surface area (Å²) in [6.07, 6.45) is 4.93. The van der Waals surface area contributed by atoms with E-state index in [2.05, 4.69) is 6.07 Å². The molecule has 0 spiro atoms. The Morgan fingerprint density at radius 1 is 1.24 bits per heavy atom. The molecular weight excluding hydrogens is 338 g/mol. The number of aryl methyl sites for hydroxylation is 2. The average Bonchev–Trinajstić information content (AvgIpc) is 3.16. The van der Waals surface area contributed by atoms with Gasteiger partial charge < -0.3 is 10.3 Å². The number of hydrogen-bond donors (Lipinski definition) is 1. The molecule has 132 valence electrons. The highest BCUT2D eigenvalue weighted by atomic mass is 32.2. The number of hydrogen-bond acceptors (Lipinski definition) is 3. The number of benzene rings is 1. The number of primary amides is 1. The van der Waals surface area contributed by atoms with Crippen molar-refractivity contribution in [1.29, 1.82) is 0 Å². The number of carbonyl (C=O) groups excluding carboxylic acids is 1. The molecule has 1 fully saturated rings. The maximum absolute atomic E-state index is 13.4. The number of sulfonamides is 1. The quantitative estimate of drug-likeness (QED) is 0.885. The van der Waals surface area contributed by atoms with Gasteiger partial charge in [-0.2, -0.15) is 4.31 Å². The van der Waals surface area contributed by atoms with Crippen molar-refractivity contribution in [1.82, 2.24) is 8.87 Å². The Morgan fingerprint density at radius 3 is 2.60 bits per heavy atom. The predicted octanol–water partition coefficient (Wildman–Crippen LogP) is 1.96. The summed E-state index contributed by atoms with van der Waals surface area (Å²) < 4.78 is 29.9. The summed E-state index contributed by atoms with van der Waals surface area (Å²) in [5.41, 5.74) is 7.85. The number of aromatic nitrogens is 1. The zero-order chi connectivity index (χ0) is 17.8. The van der Waals surface area contributed by atoms with E-state index in [1.54, 1.807) is 11.4 Å². The van der Waals surface area contributed by atoms with Crippen molar-refractivity contribution in [2.24, 2.45) is 12.8 Å². The zero-order valence-electron chi connectivity index (χ0n) is 14.1. The lowest BCUT2D eigenvalue weighted by atomic mass is 10.1. The second-order valence-corrected chi connectivity index (χ2v) is 8.70. The molecule has 7 heteroatoms. The van der Waals surface area contributed by atoms with Gasteiger partial charge in [0.15, 0.2) is 0 Å². The number of fused-ring (bicyclic) bond motifs is 1. The Labute approximate surface area is 147 Å². The van der Waals surface area contributed by atoms with Gasteiger partial charge in [0.25, 0.3) is 5.91 Å². The predicted molar refractivity (Wildman–Crippen MR) is 93.5 cm³/mol. The highest BCUT2D eigenvalue weighted by Gasteiger charge is 2.45. The van der Waals surface area contributed by atoms with Crippen LogP contribution < -0.4 is 5.73 Å². The third-order valence-corrected chi connectivity index (χ3v) is 7.05.